The molecule has 5 nitrogen and oxygen atoms in total. The summed E-state index contributed by atoms with van der Waals surface area (Å²) in [4.78, 5) is 17.2. The molecule has 0 radical (unpaired) electrons. The highest BCUT2D eigenvalue weighted by molar-refractivity contribution is 7.15. The lowest BCUT2D eigenvalue weighted by molar-refractivity contribution is 0.194. The van der Waals surface area contributed by atoms with E-state index in [9.17, 15) is 9.18 Å². The van der Waals surface area contributed by atoms with E-state index in [4.69, 9.17) is 4.74 Å². The van der Waals surface area contributed by atoms with Crippen molar-refractivity contribution in [1.29, 1.82) is 0 Å². The number of aryl methyl sites for hydroxylation is 1. The Morgan fingerprint density at radius 1 is 1.06 bits per heavy atom. The Balaban J connectivity index is 1.49. The van der Waals surface area contributed by atoms with E-state index in [1.165, 1.54) is 39.6 Å². The van der Waals surface area contributed by atoms with Crippen LogP contribution in [-0.2, 0) is 19.4 Å². The van der Waals surface area contributed by atoms with Gasteiger partial charge in [0, 0.05) is 28.4 Å². The maximum absolute atomic E-state index is 14.4. The molecule has 1 N–H and O–H groups in total. The number of thiophene rings is 1. The second kappa shape index (κ2) is 8.89. The highest BCUT2D eigenvalue weighted by Crippen LogP contribution is 2.44. The number of amides is 2. The Bertz CT molecular complexity index is 1410. The number of hydrogen-bond donors (Lipinski definition) is 1. The van der Waals surface area contributed by atoms with Crippen LogP contribution in [0.15, 0.2) is 66.9 Å². The van der Waals surface area contributed by atoms with Gasteiger partial charge in [-0.1, -0.05) is 18.2 Å². The molecule has 0 unspecified atom stereocenters. The predicted molar refractivity (Wildman–Crippen MR) is 136 cm³/mol. The van der Waals surface area contributed by atoms with Crippen LogP contribution in [0.2, 0.25) is 0 Å². The summed E-state index contributed by atoms with van der Waals surface area (Å²) in [7, 11) is 1.60. The van der Waals surface area contributed by atoms with Gasteiger partial charge in [-0.25, -0.2) is 9.18 Å². The van der Waals surface area contributed by atoms with Gasteiger partial charge in [-0.05, 0) is 73.2 Å². The van der Waals surface area contributed by atoms with Crippen molar-refractivity contribution in [1.82, 2.24) is 9.47 Å². The number of methoxy groups -OCH3 is 1. The monoisotopic (exact) mass is 487 g/mol. The fourth-order valence-corrected chi connectivity index (χ4v) is 6.71. The highest BCUT2D eigenvalue weighted by atomic mass is 32.1. The van der Waals surface area contributed by atoms with Gasteiger partial charge in [-0.15, -0.1) is 11.3 Å². The maximum Gasteiger partial charge on any atom is 0.322 e. The lowest BCUT2D eigenvalue weighted by Gasteiger charge is -2.31. The number of halogens is 1. The third-order valence-corrected chi connectivity index (χ3v) is 8.26. The first-order valence-electron chi connectivity index (χ1n) is 11.9. The van der Waals surface area contributed by atoms with Crippen LogP contribution in [-0.4, -0.2) is 22.6 Å². The first-order chi connectivity index (χ1) is 17.1. The smallest absolute Gasteiger partial charge is 0.322 e. The molecule has 0 bridgehead atoms. The third-order valence-electron chi connectivity index (χ3n) is 6.93. The highest BCUT2D eigenvalue weighted by Gasteiger charge is 2.36. The number of aromatic nitrogens is 1. The van der Waals surface area contributed by atoms with Crippen molar-refractivity contribution < 1.29 is 13.9 Å². The number of carbonyl (C=O) groups is 1. The van der Waals surface area contributed by atoms with Crippen molar-refractivity contribution in [3.8, 4) is 10.8 Å². The van der Waals surface area contributed by atoms with E-state index < -0.39 is 6.04 Å². The molecule has 1 aliphatic heterocycles. The lowest BCUT2D eigenvalue weighted by Crippen LogP contribution is -2.38. The molecule has 0 saturated carbocycles. The number of rotatable bonds is 3. The molecule has 0 saturated heterocycles. The number of urea groups is 1. The molecular formula is C28H26FN3O2S. The molecule has 6 rings (SSSR count). The summed E-state index contributed by atoms with van der Waals surface area (Å²) in [6, 6.07) is 17.3. The molecule has 1 aliphatic carbocycles. The van der Waals surface area contributed by atoms with Crippen LogP contribution in [0.4, 0.5) is 14.9 Å². The van der Waals surface area contributed by atoms with Crippen LogP contribution < -0.4 is 10.1 Å². The van der Waals surface area contributed by atoms with Crippen molar-refractivity contribution in [2.75, 3.05) is 12.4 Å². The molecule has 4 aromatic rings. The van der Waals surface area contributed by atoms with Crippen LogP contribution in [0.3, 0.4) is 0 Å². The molecule has 3 heterocycles. The SMILES string of the molecule is COc1cccc(NC(=O)N2Cc3c(sc4c3CCCC4)-n3cccc3[C@H]2c2cccc(F)c2)c1. The molecule has 2 aliphatic rings. The topological polar surface area (TPSA) is 46.5 Å². The van der Waals surface area contributed by atoms with Gasteiger partial charge in [0.15, 0.2) is 0 Å². The Hall–Kier alpha value is -3.58. The standard InChI is InChI=1S/C28H26FN3O2S/c1-34-21-10-5-9-20(16-21)30-28(33)32-17-23-22-11-2-3-13-25(22)35-27(23)31-14-6-12-24(31)26(32)18-7-4-8-19(29)15-18/h4-10,12,14-16,26H,2-3,11,13,17H2,1H3,(H,30,33)/t26-/m1/s1. The number of ether oxygens (including phenoxy) is 1. The number of nitrogens with zero attached hydrogens (tertiary/aromatic N) is 2. The Labute approximate surface area is 207 Å². The van der Waals surface area contributed by atoms with Crippen LogP contribution in [0.25, 0.3) is 5.00 Å². The van der Waals surface area contributed by atoms with Crippen molar-refractivity contribution in [3.63, 3.8) is 0 Å². The zero-order valence-corrected chi connectivity index (χ0v) is 20.3. The molecule has 0 fully saturated rings. The molecular weight excluding hydrogens is 461 g/mol. The number of benzene rings is 2. The molecule has 0 spiro atoms. The fourth-order valence-electron chi connectivity index (χ4n) is 5.31. The predicted octanol–water partition coefficient (Wildman–Crippen LogP) is 6.70. The second-order valence-corrected chi connectivity index (χ2v) is 10.1. The summed E-state index contributed by atoms with van der Waals surface area (Å²) in [5.41, 5.74) is 4.94. The Morgan fingerprint density at radius 2 is 1.91 bits per heavy atom. The van der Waals surface area contributed by atoms with Gasteiger partial charge >= 0.3 is 6.03 Å². The Kier molecular flexibility index (Phi) is 5.57. The minimum Gasteiger partial charge on any atom is -0.497 e. The summed E-state index contributed by atoms with van der Waals surface area (Å²) in [5.74, 6) is 0.355. The van der Waals surface area contributed by atoms with E-state index in [0.29, 0.717) is 18.0 Å². The first kappa shape index (κ1) is 21.9. The zero-order chi connectivity index (χ0) is 23.9. The normalized spacial score (nSPS) is 16.6. The molecule has 7 heteroatoms. The van der Waals surface area contributed by atoms with E-state index in [1.807, 2.05) is 52.6 Å². The quantitative estimate of drug-likeness (QED) is 0.349. The maximum atomic E-state index is 14.4. The Morgan fingerprint density at radius 3 is 2.77 bits per heavy atom. The average molecular weight is 488 g/mol. The third kappa shape index (κ3) is 3.90. The van der Waals surface area contributed by atoms with Gasteiger partial charge in [-0.3, -0.25) is 0 Å². The van der Waals surface area contributed by atoms with E-state index in [-0.39, 0.29) is 11.8 Å². The van der Waals surface area contributed by atoms with Gasteiger partial charge in [0.25, 0.3) is 0 Å². The molecule has 2 amide bonds. The largest absolute Gasteiger partial charge is 0.497 e. The average Bonchev–Trinajstić information content (AvgIpc) is 3.46. The summed E-state index contributed by atoms with van der Waals surface area (Å²) in [6.07, 6.45) is 6.56. The zero-order valence-electron chi connectivity index (χ0n) is 19.5. The van der Waals surface area contributed by atoms with E-state index in [2.05, 4.69) is 16.1 Å². The molecule has 35 heavy (non-hydrogen) atoms. The van der Waals surface area contributed by atoms with Crippen LogP contribution >= 0.6 is 11.3 Å². The van der Waals surface area contributed by atoms with Crippen molar-refractivity contribution in [2.24, 2.45) is 0 Å². The van der Waals surface area contributed by atoms with Gasteiger partial charge in [0.1, 0.15) is 16.6 Å². The van der Waals surface area contributed by atoms with Crippen molar-refractivity contribution in [3.05, 3.63) is 99.9 Å². The molecule has 2 aromatic carbocycles. The van der Waals surface area contributed by atoms with Crippen LogP contribution in [0.5, 0.6) is 5.75 Å². The minimum atomic E-state index is -0.440. The second-order valence-electron chi connectivity index (χ2n) is 9.05. The van der Waals surface area contributed by atoms with Gasteiger partial charge < -0.3 is 19.5 Å². The lowest BCUT2D eigenvalue weighted by atomic mass is 9.95. The summed E-state index contributed by atoms with van der Waals surface area (Å²) in [6.45, 7) is 0.458. The number of hydrogen-bond acceptors (Lipinski definition) is 3. The van der Waals surface area contributed by atoms with E-state index in [0.717, 1.165) is 30.5 Å². The van der Waals surface area contributed by atoms with E-state index in [1.54, 1.807) is 19.2 Å². The molecule has 2 aromatic heterocycles. The van der Waals surface area contributed by atoms with Crippen LogP contribution in [0.1, 0.15) is 46.1 Å². The van der Waals surface area contributed by atoms with E-state index >= 15 is 0 Å². The summed E-state index contributed by atoms with van der Waals surface area (Å²) < 4.78 is 21.9. The van der Waals surface area contributed by atoms with Crippen molar-refractivity contribution in [2.45, 2.75) is 38.3 Å². The molecule has 1 atom stereocenters. The minimum absolute atomic E-state index is 0.233. The number of carbonyl (C=O) groups excluding carboxylic acids is 1. The number of anilines is 1. The summed E-state index contributed by atoms with van der Waals surface area (Å²) >= 11 is 1.84. The number of nitrogens with one attached hydrogen (secondary N) is 1. The van der Waals surface area contributed by atoms with Gasteiger partial charge in [0.05, 0.1) is 25.4 Å². The van der Waals surface area contributed by atoms with Crippen molar-refractivity contribution >= 4 is 23.1 Å². The first-order valence-corrected chi connectivity index (χ1v) is 12.7. The fraction of sp³-hybridized carbons (Fsp3) is 0.250. The van der Waals surface area contributed by atoms with Gasteiger partial charge in [0.2, 0.25) is 0 Å². The number of fused-ring (bicyclic) bond motifs is 5. The summed E-state index contributed by atoms with van der Waals surface area (Å²) in [5, 5.41) is 4.24. The van der Waals surface area contributed by atoms with Gasteiger partial charge in [-0.2, -0.15) is 0 Å². The molecule has 178 valence electrons. The van der Waals surface area contributed by atoms with Crippen LogP contribution in [0, 0.1) is 5.82 Å².